The van der Waals surface area contributed by atoms with Gasteiger partial charge < -0.3 is 25.8 Å². The summed E-state index contributed by atoms with van der Waals surface area (Å²) in [5.41, 5.74) is 6.98. The summed E-state index contributed by atoms with van der Waals surface area (Å²) in [5, 5.41) is 10.4. The Hall–Kier alpha value is -2.81. The van der Waals surface area contributed by atoms with Crippen molar-refractivity contribution >= 4 is 28.9 Å². The van der Waals surface area contributed by atoms with E-state index in [9.17, 15) is 4.79 Å². The Morgan fingerprint density at radius 1 is 1.32 bits per heavy atom. The number of amides is 1. The molecule has 9 heteroatoms. The third-order valence-corrected chi connectivity index (χ3v) is 3.70. The predicted molar refractivity (Wildman–Crippen MR) is 99.2 cm³/mol. The van der Waals surface area contributed by atoms with Crippen LogP contribution in [0.2, 0.25) is 0 Å². The Kier molecular flexibility index (Phi) is 6.18. The summed E-state index contributed by atoms with van der Waals surface area (Å²) in [7, 11) is 4.90. The highest BCUT2D eigenvalue weighted by atomic mass is 32.1. The van der Waals surface area contributed by atoms with E-state index >= 15 is 0 Å². The summed E-state index contributed by atoms with van der Waals surface area (Å²) in [6.45, 7) is 0.605. The van der Waals surface area contributed by atoms with E-state index in [-0.39, 0.29) is 5.69 Å². The number of nitrogens with one attached hydrogen (secondary N) is 2. The largest absolute Gasteiger partial charge is 0.493 e. The molecule has 0 saturated heterocycles. The maximum absolute atomic E-state index is 11.3. The predicted octanol–water partition coefficient (Wildman–Crippen LogP) is 1.07. The highest BCUT2D eigenvalue weighted by Gasteiger charge is 2.13. The van der Waals surface area contributed by atoms with Crippen LogP contribution in [0.15, 0.2) is 24.4 Å². The van der Waals surface area contributed by atoms with Gasteiger partial charge in [-0.3, -0.25) is 9.48 Å². The van der Waals surface area contributed by atoms with Crippen LogP contribution in [0.4, 0.5) is 5.69 Å². The number of carbonyl (C=O) groups is 1. The van der Waals surface area contributed by atoms with Crippen LogP contribution in [0.1, 0.15) is 16.1 Å². The topological polar surface area (TPSA) is 103 Å². The van der Waals surface area contributed by atoms with Crippen LogP contribution in [-0.4, -0.2) is 41.6 Å². The van der Waals surface area contributed by atoms with Gasteiger partial charge in [0.15, 0.2) is 22.3 Å². The number of carbonyl (C=O) groups excluding carboxylic acids is 1. The summed E-state index contributed by atoms with van der Waals surface area (Å²) in [6.07, 6.45) is 2.38. The number of nitrogens with two attached hydrogens (primary N) is 1. The zero-order valence-electron chi connectivity index (χ0n) is 14.3. The molecule has 0 atom stereocenters. The van der Waals surface area contributed by atoms with E-state index in [1.54, 1.807) is 27.5 Å². The van der Waals surface area contributed by atoms with Crippen molar-refractivity contribution in [1.29, 1.82) is 0 Å². The molecule has 0 saturated carbocycles. The molecule has 1 heterocycles. The van der Waals surface area contributed by atoms with E-state index in [2.05, 4.69) is 15.7 Å². The minimum Gasteiger partial charge on any atom is -0.493 e. The number of thiocarbonyl (C=S) groups is 1. The number of hydrogen-bond donors (Lipinski definition) is 3. The fraction of sp³-hybridized carbons (Fsp3) is 0.312. The molecular weight excluding hydrogens is 342 g/mol. The van der Waals surface area contributed by atoms with E-state index in [1.165, 1.54) is 4.68 Å². The first-order valence-corrected chi connectivity index (χ1v) is 7.94. The zero-order chi connectivity index (χ0) is 18.4. The number of primary amides is 1. The maximum atomic E-state index is 11.3. The monoisotopic (exact) mass is 363 g/mol. The van der Waals surface area contributed by atoms with E-state index < -0.39 is 5.91 Å². The molecule has 2 aromatic rings. The van der Waals surface area contributed by atoms with Crippen molar-refractivity contribution in [3.8, 4) is 11.5 Å². The first kappa shape index (κ1) is 18.5. The van der Waals surface area contributed by atoms with Crippen molar-refractivity contribution in [3.63, 3.8) is 0 Å². The molecule has 0 radical (unpaired) electrons. The van der Waals surface area contributed by atoms with Gasteiger partial charge in [0.1, 0.15) is 0 Å². The molecule has 0 fully saturated rings. The number of anilines is 1. The normalized spacial score (nSPS) is 10.2. The minimum atomic E-state index is -0.615. The first-order valence-electron chi connectivity index (χ1n) is 7.53. The highest BCUT2D eigenvalue weighted by Crippen LogP contribution is 2.27. The van der Waals surface area contributed by atoms with Crippen molar-refractivity contribution in [2.24, 2.45) is 12.8 Å². The highest BCUT2D eigenvalue weighted by molar-refractivity contribution is 7.80. The van der Waals surface area contributed by atoms with Crippen LogP contribution >= 0.6 is 12.2 Å². The Morgan fingerprint density at radius 2 is 2.04 bits per heavy atom. The Labute approximate surface area is 151 Å². The van der Waals surface area contributed by atoms with Crippen LogP contribution in [-0.2, 0) is 13.5 Å². The molecule has 134 valence electrons. The van der Waals surface area contributed by atoms with E-state index in [4.69, 9.17) is 27.4 Å². The molecular formula is C16H21N5O3S. The molecule has 2 rings (SSSR count). The third-order valence-electron chi connectivity index (χ3n) is 3.46. The zero-order valence-corrected chi connectivity index (χ0v) is 15.1. The van der Waals surface area contributed by atoms with Gasteiger partial charge >= 0.3 is 0 Å². The quantitative estimate of drug-likeness (QED) is 0.632. The number of nitrogens with zero attached hydrogens (tertiary/aromatic N) is 2. The maximum Gasteiger partial charge on any atom is 0.271 e. The summed E-state index contributed by atoms with van der Waals surface area (Å²) < 4.78 is 12.0. The van der Waals surface area contributed by atoms with Crippen LogP contribution in [0.25, 0.3) is 0 Å². The average molecular weight is 363 g/mol. The van der Waals surface area contributed by atoms with Crippen molar-refractivity contribution < 1.29 is 14.3 Å². The number of rotatable bonds is 7. The number of methoxy groups -OCH3 is 2. The van der Waals surface area contributed by atoms with Crippen LogP contribution in [0.3, 0.4) is 0 Å². The van der Waals surface area contributed by atoms with Gasteiger partial charge in [-0.1, -0.05) is 6.07 Å². The lowest BCUT2D eigenvalue weighted by Crippen LogP contribution is -2.31. The van der Waals surface area contributed by atoms with Crippen molar-refractivity contribution in [2.75, 3.05) is 26.1 Å². The van der Waals surface area contributed by atoms with E-state index in [0.717, 1.165) is 12.0 Å². The summed E-state index contributed by atoms with van der Waals surface area (Å²) >= 11 is 5.24. The van der Waals surface area contributed by atoms with Crippen LogP contribution in [0, 0.1) is 0 Å². The minimum absolute atomic E-state index is 0.145. The molecule has 1 aromatic heterocycles. The summed E-state index contributed by atoms with van der Waals surface area (Å²) in [4.78, 5) is 11.3. The number of aromatic nitrogens is 2. The van der Waals surface area contributed by atoms with Crippen LogP contribution in [0.5, 0.6) is 11.5 Å². The van der Waals surface area contributed by atoms with Crippen molar-refractivity contribution in [1.82, 2.24) is 15.1 Å². The van der Waals surface area contributed by atoms with Gasteiger partial charge in [0.25, 0.3) is 5.91 Å². The molecule has 25 heavy (non-hydrogen) atoms. The fourth-order valence-corrected chi connectivity index (χ4v) is 2.50. The van der Waals surface area contributed by atoms with Crippen LogP contribution < -0.4 is 25.8 Å². The Bertz CT molecular complexity index is 775. The van der Waals surface area contributed by atoms with Gasteiger partial charge in [0, 0.05) is 19.8 Å². The molecule has 0 aliphatic rings. The second kappa shape index (κ2) is 8.34. The van der Waals surface area contributed by atoms with Gasteiger partial charge in [-0.05, 0) is 36.3 Å². The molecule has 0 aliphatic heterocycles. The summed E-state index contributed by atoms with van der Waals surface area (Å²) in [6, 6.07) is 5.74. The second-order valence-electron chi connectivity index (χ2n) is 5.25. The molecule has 0 spiro atoms. The second-order valence-corrected chi connectivity index (χ2v) is 5.66. The molecule has 4 N–H and O–H groups in total. The Morgan fingerprint density at radius 3 is 2.68 bits per heavy atom. The van der Waals surface area contributed by atoms with Gasteiger partial charge in [-0.15, -0.1) is 0 Å². The fourth-order valence-electron chi connectivity index (χ4n) is 2.28. The lowest BCUT2D eigenvalue weighted by Gasteiger charge is -2.11. The number of ether oxygens (including phenoxy) is 2. The number of benzene rings is 1. The standard InChI is InChI=1S/C16H21N5O3S/c1-21-9-11(14(20-21)15(17)22)19-16(25)18-7-6-10-4-5-12(23-2)13(8-10)24-3/h4-5,8-9H,6-7H2,1-3H3,(H2,17,22)(H2,18,19,25). The van der Waals surface area contributed by atoms with Crippen molar-refractivity contribution in [2.45, 2.75) is 6.42 Å². The number of aryl methyl sites for hydroxylation is 1. The number of hydrogen-bond acceptors (Lipinski definition) is 5. The van der Waals surface area contributed by atoms with Crippen molar-refractivity contribution in [3.05, 3.63) is 35.7 Å². The molecule has 0 aliphatic carbocycles. The SMILES string of the molecule is COc1ccc(CCNC(=S)Nc2cn(C)nc2C(N)=O)cc1OC. The van der Waals surface area contributed by atoms with Gasteiger partial charge in [0.05, 0.1) is 19.9 Å². The van der Waals surface area contributed by atoms with Gasteiger partial charge in [-0.25, -0.2) is 0 Å². The lowest BCUT2D eigenvalue weighted by atomic mass is 10.1. The molecule has 0 bridgehead atoms. The molecule has 8 nitrogen and oxygen atoms in total. The van der Waals surface area contributed by atoms with E-state index in [1.807, 2.05) is 18.2 Å². The average Bonchev–Trinajstić information content (AvgIpc) is 2.95. The molecule has 1 aromatic carbocycles. The van der Waals surface area contributed by atoms with E-state index in [0.29, 0.717) is 28.8 Å². The van der Waals surface area contributed by atoms with Gasteiger partial charge in [-0.2, -0.15) is 5.10 Å². The smallest absolute Gasteiger partial charge is 0.271 e. The first-order chi connectivity index (χ1) is 11.9. The molecule has 1 amide bonds. The van der Waals surface area contributed by atoms with Gasteiger partial charge in [0.2, 0.25) is 0 Å². The molecule has 0 unspecified atom stereocenters. The lowest BCUT2D eigenvalue weighted by molar-refractivity contribution is 0.0995. The summed E-state index contributed by atoms with van der Waals surface area (Å²) in [5.74, 6) is 0.755. The third kappa shape index (κ3) is 4.83. The Balaban J connectivity index is 1.90.